The van der Waals surface area contributed by atoms with Crippen LogP contribution >= 0.6 is 12.4 Å². The van der Waals surface area contributed by atoms with Crippen LogP contribution in [0.3, 0.4) is 0 Å². The van der Waals surface area contributed by atoms with E-state index in [2.05, 4.69) is 0 Å². The molecule has 2 N–H and O–H groups in total. The summed E-state index contributed by atoms with van der Waals surface area (Å²) >= 11 is 0. The molecule has 0 aromatic rings. The molecule has 0 saturated carbocycles. The van der Waals surface area contributed by atoms with Crippen LogP contribution in [0.25, 0.3) is 0 Å². The highest BCUT2D eigenvalue weighted by Crippen LogP contribution is 2.28. The number of halogens is 4. The predicted octanol–water partition coefficient (Wildman–Crippen LogP) is 1.88. The maximum Gasteiger partial charge on any atom is 0.406 e. The highest BCUT2D eigenvalue weighted by molar-refractivity contribution is 5.85. The summed E-state index contributed by atoms with van der Waals surface area (Å²) in [7, 11) is 0. The summed E-state index contributed by atoms with van der Waals surface area (Å²) in [5, 5.41) is 0. The van der Waals surface area contributed by atoms with Crippen molar-refractivity contribution in [3.63, 3.8) is 0 Å². The molecule has 0 aliphatic carbocycles. The van der Waals surface area contributed by atoms with Gasteiger partial charge in [0.2, 0.25) is 5.91 Å². The maximum absolute atomic E-state index is 12.5. The van der Waals surface area contributed by atoms with Gasteiger partial charge < -0.3 is 10.6 Å². The molecule has 1 unspecified atom stereocenters. The van der Waals surface area contributed by atoms with Gasteiger partial charge in [-0.15, -0.1) is 12.4 Å². The van der Waals surface area contributed by atoms with Gasteiger partial charge in [-0.1, -0.05) is 6.92 Å². The second kappa shape index (κ2) is 7.65. The van der Waals surface area contributed by atoms with Gasteiger partial charge in [0.05, 0.1) is 6.54 Å². The van der Waals surface area contributed by atoms with Crippen LogP contribution in [0.1, 0.15) is 27.2 Å². The largest absolute Gasteiger partial charge is 0.406 e. The van der Waals surface area contributed by atoms with Crippen LogP contribution in [-0.4, -0.2) is 60.6 Å². The van der Waals surface area contributed by atoms with Crippen molar-refractivity contribution in [1.82, 2.24) is 9.80 Å². The van der Waals surface area contributed by atoms with Gasteiger partial charge >= 0.3 is 6.18 Å². The summed E-state index contributed by atoms with van der Waals surface area (Å²) in [5.41, 5.74) is 5.65. The first-order chi connectivity index (χ1) is 9.06. The monoisotopic (exact) mass is 331 g/mol. The number of carbonyl (C=O) groups is 1. The Kier molecular flexibility index (Phi) is 7.45. The highest BCUT2D eigenvalue weighted by atomic mass is 35.5. The van der Waals surface area contributed by atoms with Crippen molar-refractivity contribution in [1.29, 1.82) is 0 Å². The van der Waals surface area contributed by atoms with Gasteiger partial charge in [0.15, 0.2) is 0 Å². The number of nitrogens with two attached hydrogens (primary N) is 1. The van der Waals surface area contributed by atoms with E-state index < -0.39 is 24.7 Å². The summed E-state index contributed by atoms with van der Waals surface area (Å²) in [6, 6.07) is -0.465. The Labute approximate surface area is 130 Å². The first-order valence-corrected chi connectivity index (χ1v) is 6.85. The molecule has 1 rings (SSSR count). The Morgan fingerprint density at radius 2 is 2.00 bits per heavy atom. The molecule has 1 aliphatic rings. The topological polar surface area (TPSA) is 49.6 Å². The van der Waals surface area contributed by atoms with Crippen LogP contribution in [0.4, 0.5) is 13.2 Å². The lowest BCUT2D eigenvalue weighted by molar-refractivity contribution is -0.165. The van der Waals surface area contributed by atoms with Crippen LogP contribution in [0.2, 0.25) is 0 Å². The van der Waals surface area contributed by atoms with Crippen molar-refractivity contribution in [2.75, 3.05) is 32.7 Å². The second-order valence-electron chi connectivity index (χ2n) is 6.21. The third kappa shape index (κ3) is 6.40. The molecule has 0 radical (unpaired) electrons. The number of nitrogens with zero attached hydrogens (tertiary/aromatic N) is 2. The first kappa shape index (κ1) is 20.5. The SMILES string of the molecule is CC(C)N(CC(F)(F)F)C(=O)CN1CCC(C)(CN)C1.Cl. The molecule has 8 heteroatoms. The molecule has 1 saturated heterocycles. The minimum atomic E-state index is -4.36. The Bertz CT molecular complexity index is 352. The zero-order valence-electron chi connectivity index (χ0n) is 12.7. The van der Waals surface area contributed by atoms with Crippen LogP contribution < -0.4 is 5.73 Å². The normalized spacial score (nSPS) is 23.2. The molecule has 1 atom stereocenters. The molecular formula is C13H25ClF3N3O. The lowest BCUT2D eigenvalue weighted by Gasteiger charge is -2.30. The second-order valence-corrected chi connectivity index (χ2v) is 6.21. The van der Waals surface area contributed by atoms with Gasteiger partial charge in [-0.3, -0.25) is 9.69 Å². The number of rotatable bonds is 5. The van der Waals surface area contributed by atoms with E-state index in [1.807, 2.05) is 11.8 Å². The fourth-order valence-electron chi connectivity index (χ4n) is 2.46. The molecular weight excluding hydrogens is 307 g/mol. The number of likely N-dealkylation sites (tertiary alicyclic amines) is 1. The van der Waals surface area contributed by atoms with Gasteiger partial charge in [-0.05, 0) is 38.8 Å². The van der Waals surface area contributed by atoms with Crippen molar-refractivity contribution < 1.29 is 18.0 Å². The van der Waals surface area contributed by atoms with Gasteiger partial charge in [0.1, 0.15) is 6.54 Å². The minimum absolute atomic E-state index is 0. The average molecular weight is 332 g/mol. The van der Waals surface area contributed by atoms with Gasteiger partial charge in [0.25, 0.3) is 0 Å². The van der Waals surface area contributed by atoms with Gasteiger partial charge in [-0.25, -0.2) is 0 Å². The molecule has 126 valence electrons. The molecule has 1 heterocycles. The van der Waals surface area contributed by atoms with E-state index in [0.29, 0.717) is 19.6 Å². The minimum Gasteiger partial charge on any atom is -0.330 e. The summed E-state index contributed by atoms with van der Waals surface area (Å²) < 4.78 is 37.5. The summed E-state index contributed by atoms with van der Waals surface area (Å²) in [5.74, 6) is -0.474. The molecule has 1 aliphatic heterocycles. The van der Waals surface area contributed by atoms with E-state index >= 15 is 0 Å². The highest BCUT2D eigenvalue weighted by Gasteiger charge is 2.37. The Morgan fingerprint density at radius 3 is 2.38 bits per heavy atom. The van der Waals surface area contributed by atoms with Gasteiger partial charge in [-0.2, -0.15) is 13.2 Å². The molecule has 1 fully saturated rings. The lowest BCUT2D eigenvalue weighted by atomic mass is 9.90. The van der Waals surface area contributed by atoms with Crippen molar-refractivity contribution in [3.8, 4) is 0 Å². The predicted molar refractivity (Wildman–Crippen MR) is 78.4 cm³/mol. The zero-order valence-corrected chi connectivity index (χ0v) is 13.6. The molecule has 0 aromatic carbocycles. The number of hydrogen-bond acceptors (Lipinski definition) is 3. The third-order valence-electron chi connectivity index (χ3n) is 3.78. The van der Waals surface area contributed by atoms with E-state index in [9.17, 15) is 18.0 Å². The van der Waals surface area contributed by atoms with Crippen molar-refractivity contribution >= 4 is 18.3 Å². The quantitative estimate of drug-likeness (QED) is 0.837. The van der Waals surface area contributed by atoms with Crippen LogP contribution in [0, 0.1) is 5.41 Å². The summed E-state index contributed by atoms with van der Waals surface area (Å²) in [6.07, 6.45) is -3.49. The van der Waals surface area contributed by atoms with E-state index in [-0.39, 0.29) is 24.4 Å². The van der Waals surface area contributed by atoms with Crippen LogP contribution in [0.15, 0.2) is 0 Å². The molecule has 21 heavy (non-hydrogen) atoms. The molecule has 0 spiro atoms. The Hall–Kier alpha value is -0.530. The van der Waals surface area contributed by atoms with E-state index in [4.69, 9.17) is 5.73 Å². The standard InChI is InChI=1S/C13H24F3N3O.ClH/c1-10(2)19(9-13(14,15)16)11(20)6-18-5-4-12(3,7-17)8-18;/h10H,4-9,17H2,1-3H3;1H. The lowest BCUT2D eigenvalue weighted by Crippen LogP contribution is -2.47. The van der Waals surface area contributed by atoms with Crippen LogP contribution in [-0.2, 0) is 4.79 Å². The van der Waals surface area contributed by atoms with Gasteiger partial charge in [0, 0.05) is 12.6 Å². The first-order valence-electron chi connectivity index (χ1n) is 6.85. The zero-order chi connectivity index (χ0) is 15.6. The van der Waals surface area contributed by atoms with Crippen LogP contribution in [0.5, 0.6) is 0 Å². The molecule has 1 amide bonds. The van der Waals surface area contributed by atoms with E-state index in [0.717, 1.165) is 11.3 Å². The molecule has 4 nitrogen and oxygen atoms in total. The molecule has 0 aromatic heterocycles. The number of carbonyl (C=O) groups excluding carboxylic acids is 1. The summed E-state index contributed by atoms with van der Waals surface area (Å²) in [4.78, 5) is 14.8. The maximum atomic E-state index is 12.5. The fourth-order valence-corrected chi connectivity index (χ4v) is 2.46. The number of amides is 1. The molecule has 0 bridgehead atoms. The van der Waals surface area contributed by atoms with Crippen molar-refractivity contribution in [3.05, 3.63) is 0 Å². The Morgan fingerprint density at radius 1 is 1.43 bits per heavy atom. The Balaban J connectivity index is 0.00000400. The number of alkyl halides is 3. The smallest absolute Gasteiger partial charge is 0.330 e. The van der Waals surface area contributed by atoms with Crippen molar-refractivity contribution in [2.24, 2.45) is 11.1 Å². The average Bonchev–Trinajstić information content (AvgIpc) is 2.67. The van der Waals surface area contributed by atoms with E-state index in [1.165, 1.54) is 0 Å². The fraction of sp³-hybridized carbons (Fsp3) is 0.923. The third-order valence-corrected chi connectivity index (χ3v) is 3.78. The van der Waals surface area contributed by atoms with E-state index in [1.54, 1.807) is 13.8 Å². The van der Waals surface area contributed by atoms with Crippen molar-refractivity contribution in [2.45, 2.75) is 39.4 Å². The summed E-state index contributed by atoms with van der Waals surface area (Å²) in [6.45, 7) is 5.96. The number of hydrogen-bond donors (Lipinski definition) is 1.